The highest BCUT2D eigenvalue weighted by molar-refractivity contribution is 5.51. The predicted octanol–water partition coefficient (Wildman–Crippen LogP) is 3.05. The Morgan fingerprint density at radius 1 is 1.12 bits per heavy atom. The van der Waals surface area contributed by atoms with Crippen molar-refractivity contribution in [2.75, 3.05) is 5.32 Å². The Bertz CT molecular complexity index is 986. The van der Waals surface area contributed by atoms with E-state index in [4.69, 9.17) is 0 Å². The molecule has 7 heteroatoms. The fourth-order valence-corrected chi connectivity index (χ4v) is 2.76. The van der Waals surface area contributed by atoms with Crippen LogP contribution in [0.2, 0.25) is 0 Å². The van der Waals surface area contributed by atoms with Gasteiger partial charge >= 0.3 is 0 Å². The average Bonchev–Trinajstić information content (AvgIpc) is 3.31. The summed E-state index contributed by atoms with van der Waals surface area (Å²) in [6.45, 7) is 4.92. The molecule has 0 amide bonds. The van der Waals surface area contributed by atoms with Crippen molar-refractivity contribution in [3.05, 3.63) is 66.5 Å². The quantitative estimate of drug-likeness (QED) is 0.608. The zero-order valence-corrected chi connectivity index (χ0v) is 14.2. The van der Waals surface area contributed by atoms with E-state index in [0.717, 1.165) is 28.4 Å². The van der Waals surface area contributed by atoms with Gasteiger partial charge < -0.3 is 5.32 Å². The minimum absolute atomic E-state index is 0.350. The van der Waals surface area contributed by atoms with Crippen molar-refractivity contribution in [2.24, 2.45) is 0 Å². The van der Waals surface area contributed by atoms with Crippen LogP contribution in [0.3, 0.4) is 0 Å². The van der Waals surface area contributed by atoms with E-state index in [0.29, 0.717) is 12.5 Å². The first-order chi connectivity index (χ1) is 12.2. The summed E-state index contributed by atoms with van der Waals surface area (Å²) in [5.74, 6) is 1.27. The molecule has 7 nitrogen and oxygen atoms in total. The van der Waals surface area contributed by atoms with Gasteiger partial charge in [-0.2, -0.15) is 14.7 Å². The third-order valence-electron chi connectivity index (χ3n) is 4.09. The number of nitrogens with zero attached hydrogens (tertiary/aromatic N) is 6. The molecule has 0 saturated carbocycles. The molecule has 0 aliphatic heterocycles. The number of para-hydroxylation sites is 1. The molecule has 126 valence electrons. The van der Waals surface area contributed by atoms with Crippen molar-refractivity contribution in [3.8, 4) is 5.69 Å². The van der Waals surface area contributed by atoms with Crippen molar-refractivity contribution in [2.45, 2.75) is 26.3 Å². The van der Waals surface area contributed by atoms with Crippen LogP contribution in [-0.4, -0.2) is 29.4 Å². The Morgan fingerprint density at radius 3 is 2.80 bits per heavy atom. The summed E-state index contributed by atoms with van der Waals surface area (Å²) in [4.78, 5) is 8.68. The lowest BCUT2D eigenvalue weighted by Gasteiger charge is -2.14. The molecule has 3 aromatic heterocycles. The predicted molar refractivity (Wildman–Crippen MR) is 95.8 cm³/mol. The van der Waals surface area contributed by atoms with Gasteiger partial charge in [0.05, 0.1) is 11.9 Å². The third kappa shape index (κ3) is 2.96. The fourth-order valence-electron chi connectivity index (χ4n) is 2.76. The van der Waals surface area contributed by atoms with E-state index >= 15 is 0 Å². The number of hydrogen-bond acceptors (Lipinski definition) is 5. The number of aromatic nitrogens is 6. The first-order valence-electron chi connectivity index (χ1n) is 8.24. The van der Waals surface area contributed by atoms with Crippen molar-refractivity contribution in [1.29, 1.82) is 0 Å². The molecule has 0 saturated heterocycles. The van der Waals surface area contributed by atoms with Gasteiger partial charge in [-0.15, -0.1) is 0 Å². The molecule has 0 radical (unpaired) electrons. The van der Waals surface area contributed by atoms with Gasteiger partial charge in [0.1, 0.15) is 18.5 Å². The first-order valence-corrected chi connectivity index (χ1v) is 8.24. The van der Waals surface area contributed by atoms with Crippen LogP contribution in [-0.2, 0) is 6.54 Å². The van der Waals surface area contributed by atoms with E-state index < -0.39 is 0 Å². The van der Waals surface area contributed by atoms with Crippen LogP contribution in [0.25, 0.3) is 11.3 Å². The van der Waals surface area contributed by atoms with Gasteiger partial charge in [-0.05, 0) is 17.5 Å². The van der Waals surface area contributed by atoms with Crippen molar-refractivity contribution >= 4 is 11.5 Å². The fraction of sp³-hybridized carbons (Fsp3) is 0.222. The summed E-state index contributed by atoms with van der Waals surface area (Å²) in [6, 6.07) is 12.1. The molecule has 4 rings (SSSR count). The van der Waals surface area contributed by atoms with Crippen LogP contribution in [0.1, 0.15) is 31.0 Å². The number of nitrogens with one attached hydrogen (secondary N) is 1. The summed E-state index contributed by atoms with van der Waals surface area (Å²) < 4.78 is 3.59. The minimum Gasteiger partial charge on any atom is -0.366 e. The van der Waals surface area contributed by atoms with E-state index in [1.165, 1.54) is 6.33 Å². The van der Waals surface area contributed by atoms with Crippen LogP contribution in [0.15, 0.2) is 55.2 Å². The molecule has 4 aromatic rings. The number of benzene rings is 1. The van der Waals surface area contributed by atoms with Gasteiger partial charge in [0.2, 0.25) is 0 Å². The number of rotatable bonds is 5. The topological polar surface area (TPSA) is 72.9 Å². The van der Waals surface area contributed by atoms with E-state index in [9.17, 15) is 0 Å². The van der Waals surface area contributed by atoms with Crippen molar-refractivity contribution in [3.63, 3.8) is 0 Å². The summed E-state index contributed by atoms with van der Waals surface area (Å²) in [5.41, 5.74) is 4.01. The lowest BCUT2D eigenvalue weighted by atomic mass is 10.1. The van der Waals surface area contributed by atoms with Gasteiger partial charge in [-0.3, -0.25) is 0 Å². The van der Waals surface area contributed by atoms with Gasteiger partial charge in [0.15, 0.2) is 5.65 Å². The van der Waals surface area contributed by atoms with Crippen LogP contribution in [0.4, 0.5) is 5.82 Å². The Labute approximate surface area is 145 Å². The molecule has 3 heterocycles. The Hall–Kier alpha value is -3.22. The van der Waals surface area contributed by atoms with Crippen LogP contribution < -0.4 is 5.32 Å². The molecule has 0 aliphatic carbocycles. The Kier molecular flexibility index (Phi) is 3.89. The molecule has 0 unspecified atom stereocenters. The number of anilines is 1. The first kappa shape index (κ1) is 15.3. The Morgan fingerprint density at radius 2 is 2.00 bits per heavy atom. The Balaban J connectivity index is 1.67. The van der Waals surface area contributed by atoms with Crippen molar-refractivity contribution < 1.29 is 0 Å². The van der Waals surface area contributed by atoms with E-state index in [2.05, 4.69) is 51.5 Å². The summed E-state index contributed by atoms with van der Waals surface area (Å²) in [6.07, 6.45) is 5.00. The van der Waals surface area contributed by atoms with Crippen LogP contribution in [0, 0.1) is 0 Å². The SMILES string of the molecule is CC(C)c1cc(NCc2ccccc2-n2cncn2)n2nccc2n1. The maximum absolute atomic E-state index is 4.65. The third-order valence-corrected chi connectivity index (χ3v) is 4.09. The molecule has 0 fully saturated rings. The zero-order valence-electron chi connectivity index (χ0n) is 14.2. The monoisotopic (exact) mass is 333 g/mol. The molecule has 25 heavy (non-hydrogen) atoms. The molecule has 1 aromatic carbocycles. The summed E-state index contributed by atoms with van der Waals surface area (Å²) >= 11 is 0. The number of fused-ring (bicyclic) bond motifs is 1. The average molecular weight is 333 g/mol. The molecule has 0 bridgehead atoms. The highest BCUT2D eigenvalue weighted by atomic mass is 15.3. The normalized spacial score (nSPS) is 11.3. The zero-order chi connectivity index (χ0) is 17.2. The van der Waals surface area contributed by atoms with Crippen LogP contribution in [0.5, 0.6) is 0 Å². The van der Waals surface area contributed by atoms with Crippen LogP contribution >= 0.6 is 0 Å². The smallest absolute Gasteiger partial charge is 0.157 e. The highest BCUT2D eigenvalue weighted by Crippen LogP contribution is 2.20. The molecule has 0 aliphatic rings. The summed E-state index contributed by atoms with van der Waals surface area (Å²) in [5, 5.41) is 12.1. The minimum atomic E-state index is 0.350. The highest BCUT2D eigenvalue weighted by Gasteiger charge is 2.10. The van der Waals surface area contributed by atoms with Gasteiger partial charge in [-0.25, -0.2) is 14.6 Å². The second kappa shape index (κ2) is 6.35. The second-order valence-electron chi connectivity index (χ2n) is 6.14. The maximum Gasteiger partial charge on any atom is 0.157 e. The largest absolute Gasteiger partial charge is 0.366 e. The molecular weight excluding hydrogens is 314 g/mol. The van der Waals surface area contributed by atoms with E-state index in [1.807, 2.05) is 28.8 Å². The maximum atomic E-state index is 4.65. The summed E-state index contributed by atoms with van der Waals surface area (Å²) in [7, 11) is 0. The van der Waals surface area contributed by atoms with E-state index in [1.54, 1.807) is 17.2 Å². The second-order valence-corrected chi connectivity index (χ2v) is 6.14. The molecule has 0 spiro atoms. The standard InChI is InChI=1S/C18H19N7/c1-13(2)15-9-18(25-17(23-15)7-8-21-25)20-10-14-5-3-4-6-16(14)24-12-19-11-22-24/h3-9,11-13,20H,10H2,1-2H3. The van der Waals surface area contributed by atoms with Gasteiger partial charge in [0, 0.05) is 24.4 Å². The lowest BCUT2D eigenvalue weighted by molar-refractivity contribution is 0.807. The lowest BCUT2D eigenvalue weighted by Crippen LogP contribution is -2.10. The van der Waals surface area contributed by atoms with Gasteiger partial charge in [-0.1, -0.05) is 32.0 Å². The molecule has 1 N–H and O–H groups in total. The molecule has 0 atom stereocenters. The van der Waals surface area contributed by atoms with Crippen molar-refractivity contribution in [1.82, 2.24) is 29.4 Å². The van der Waals surface area contributed by atoms with Gasteiger partial charge in [0.25, 0.3) is 0 Å². The molecular formula is C18H19N7. The number of hydrogen-bond donors (Lipinski definition) is 1. The van der Waals surface area contributed by atoms with E-state index in [-0.39, 0.29) is 0 Å².